The van der Waals surface area contributed by atoms with E-state index >= 15 is 0 Å². The van der Waals surface area contributed by atoms with Gasteiger partial charge in [0.15, 0.2) is 0 Å². The van der Waals surface area contributed by atoms with Gasteiger partial charge in [0.05, 0.1) is 6.04 Å². The number of carbonyl (C=O) groups excluding carboxylic acids is 3. The summed E-state index contributed by atoms with van der Waals surface area (Å²) in [5, 5.41) is 17.0. The molecule has 4 unspecified atom stereocenters. The molecule has 12 heteroatoms. The van der Waals surface area contributed by atoms with Crippen molar-refractivity contribution in [2.75, 3.05) is 29.8 Å². The monoisotopic (exact) mass is 496 g/mol. The van der Waals surface area contributed by atoms with E-state index < -0.39 is 47.9 Å². The first-order chi connectivity index (χ1) is 14.6. The van der Waals surface area contributed by atoms with Crippen LogP contribution in [0.15, 0.2) is 0 Å². The Balaban J connectivity index is 5.14. The van der Waals surface area contributed by atoms with Crippen molar-refractivity contribution in [2.24, 2.45) is 11.7 Å². The fraction of sp³-hybridized carbons (Fsp3) is 0.789. The van der Waals surface area contributed by atoms with E-state index in [-0.39, 0.29) is 18.1 Å². The molecule has 0 aliphatic carbocycles. The van der Waals surface area contributed by atoms with Crippen molar-refractivity contribution in [2.45, 2.75) is 57.3 Å². The van der Waals surface area contributed by atoms with Gasteiger partial charge in [-0.15, -0.1) is 0 Å². The van der Waals surface area contributed by atoms with Crippen LogP contribution in [0.2, 0.25) is 0 Å². The van der Waals surface area contributed by atoms with Gasteiger partial charge in [-0.2, -0.15) is 36.2 Å². The van der Waals surface area contributed by atoms with Crippen LogP contribution in [-0.4, -0.2) is 82.7 Å². The van der Waals surface area contributed by atoms with Gasteiger partial charge in [-0.1, -0.05) is 13.8 Å². The molecule has 0 aliphatic rings. The molecular weight excluding hydrogens is 460 g/mol. The molecule has 0 aliphatic heterocycles. The smallest absolute Gasteiger partial charge is 0.326 e. The maximum Gasteiger partial charge on any atom is 0.326 e. The normalized spacial score (nSPS) is 14.9. The van der Waals surface area contributed by atoms with Crippen molar-refractivity contribution in [3.8, 4) is 0 Å². The molecule has 0 saturated heterocycles. The molecule has 0 bridgehead atoms. The minimum absolute atomic E-state index is 0.0253. The lowest BCUT2D eigenvalue weighted by Gasteiger charge is -2.24. The summed E-state index contributed by atoms with van der Waals surface area (Å²) in [7, 11) is 0. The van der Waals surface area contributed by atoms with Crippen LogP contribution in [0.5, 0.6) is 0 Å². The van der Waals surface area contributed by atoms with Crippen LogP contribution < -0.4 is 21.7 Å². The second-order valence-corrected chi connectivity index (χ2v) is 9.84. The first-order valence-corrected chi connectivity index (χ1v) is 13.5. The number of thioether (sulfide) groups is 2. The molecule has 0 spiro atoms. The number of nitrogens with one attached hydrogen (secondary N) is 3. The van der Waals surface area contributed by atoms with Crippen LogP contribution in [0.4, 0.5) is 0 Å². The summed E-state index contributed by atoms with van der Waals surface area (Å²) < 4.78 is 0. The Kier molecular flexibility index (Phi) is 15.9. The molecule has 0 rings (SSSR count). The average molecular weight is 497 g/mol. The molecule has 3 amide bonds. The molecule has 31 heavy (non-hydrogen) atoms. The van der Waals surface area contributed by atoms with Gasteiger partial charge in [0, 0.05) is 5.75 Å². The fourth-order valence-electron chi connectivity index (χ4n) is 2.63. The minimum atomic E-state index is -1.14. The highest BCUT2D eigenvalue weighted by Gasteiger charge is 2.29. The van der Waals surface area contributed by atoms with Crippen LogP contribution in [-0.2, 0) is 19.2 Å². The molecule has 0 aromatic carbocycles. The maximum atomic E-state index is 12.8. The Labute approximate surface area is 198 Å². The second-order valence-electron chi connectivity index (χ2n) is 7.50. The summed E-state index contributed by atoms with van der Waals surface area (Å²) in [5.41, 5.74) is 5.91. The first kappa shape index (κ1) is 29.9. The van der Waals surface area contributed by atoms with E-state index in [2.05, 4.69) is 28.6 Å². The zero-order chi connectivity index (χ0) is 24.0. The third-order valence-electron chi connectivity index (χ3n) is 4.35. The molecule has 0 aromatic heterocycles. The van der Waals surface area contributed by atoms with E-state index in [1.165, 1.54) is 23.5 Å². The molecule has 4 atom stereocenters. The Morgan fingerprint density at radius 1 is 0.871 bits per heavy atom. The summed E-state index contributed by atoms with van der Waals surface area (Å²) in [6.45, 7) is 3.90. The zero-order valence-electron chi connectivity index (χ0n) is 18.6. The van der Waals surface area contributed by atoms with Crippen LogP contribution >= 0.6 is 36.2 Å². The summed E-state index contributed by atoms with van der Waals surface area (Å²) in [5.74, 6) is -1.36. The molecule has 0 saturated carbocycles. The van der Waals surface area contributed by atoms with E-state index in [0.717, 1.165) is 0 Å². The largest absolute Gasteiger partial charge is 0.480 e. The van der Waals surface area contributed by atoms with Gasteiger partial charge < -0.3 is 26.8 Å². The number of nitrogens with two attached hydrogens (primary N) is 1. The second kappa shape index (κ2) is 16.5. The fourth-order valence-corrected chi connectivity index (χ4v) is 3.83. The summed E-state index contributed by atoms with van der Waals surface area (Å²) in [6.07, 6.45) is 4.82. The standard InChI is InChI=1S/C19H36N4O5S3/c1-11(2)9-12(20)16(24)21-13(5-7-30-3)17(25)23-15(10-29)18(26)22-14(19(27)28)6-8-31-4/h11-15,29H,5-10,20H2,1-4H3,(H,21,24)(H,22,26)(H,23,25)(H,27,28). The Morgan fingerprint density at radius 2 is 1.32 bits per heavy atom. The van der Waals surface area contributed by atoms with Crippen molar-refractivity contribution >= 4 is 59.8 Å². The molecule has 0 fully saturated rings. The molecular formula is C19H36N4O5S3. The van der Waals surface area contributed by atoms with Crippen LogP contribution in [0, 0.1) is 5.92 Å². The Hall–Kier alpha value is -1.11. The third-order valence-corrected chi connectivity index (χ3v) is 6.00. The lowest BCUT2D eigenvalue weighted by atomic mass is 10.0. The summed E-state index contributed by atoms with van der Waals surface area (Å²) >= 11 is 7.10. The van der Waals surface area contributed by atoms with Crippen molar-refractivity contribution in [1.82, 2.24) is 16.0 Å². The highest BCUT2D eigenvalue weighted by Crippen LogP contribution is 2.07. The SMILES string of the molecule is CSCCC(NC(=O)C(CS)NC(=O)C(CCSC)NC(=O)C(N)CC(C)C)C(=O)O. The number of hydrogen-bond donors (Lipinski definition) is 6. The number of hydrogen-bond acceptors (Lipinski definition) is 8. The van der Waals surface area contributed by atoms with Gasteiger partial charge in [-0.25, -0.2) is 4.79 Å². The number of carboxylic acid groups (broad SMARTS) is 1. The van der Waals surface area contributed by atoms with Gasteiger partial charge in [-0.3, -0.25) is 14.4 Å². The minimum Gasteiger partial charge on any atom is -0.480 e. The van der Waals surface area contributed by atoms with Crippen LogP contribution in [0.3, 0.4) is 0 Å². The van der Waals surface area contributed by atoms with Crippen molar-refractivity contribution in [3.63, 3.8) is 0 Å². The lowest BCUT2D eigenvalue weighted by Crippen LogP contribution is -2.57. The average Bonchev–Trinajstić information content (AvgIpc) is 2.70. The topological polar surface area (TPSA) is 151 Å². The van der Waals surface area contributed by atoms with Crippen LogP contribution in [0.1, 0.15) is 33.1 Å². The van der Waals surface area contributed by atoms with Crippen molar-refractivity contribution in [3.05, 3.63) is 0 Å². The van der Waals surface area contributed by atoms with Gasteiger partial charge in [-0.05, 0) is 49.2 Å². The summed E-state index contributed by atoms with van der Waals surface area (Å²) in [6, 6.07) is -3.69. The number of carbonyl (C=O) groups is 4. The maximum absolute atomic E-state index is 12.8. The summed E-state index contributed by atoms with van der Waals surface area (Å²) in [4.78, 5) is 49.1. The molecule has 0 radical (unpaired) electrons. The van der Waals surface area contributed by atoms with Crippen molar-refractivity contribution in [1.29, 1.82) is 0 Å². The third kappa shape index (κ3) is 12.5. The predicted octanol–water partition coefficient (Wildman–Crippen LogP) is 0.335. The van der Waals surface area contributed by atoms with E-state index in [4.69, 9.17) is 5.73 Å². The zero-order valence-corrected chi connectivity index (χ0v) is 21.1. The molecule has 0 aromatic rings. The number of rotatable bonds is 16. The number of carboxylic acids is 1. The van der Waals surface area contributed by atoms with Gasteiger partial charge in [0.1, 0.15) is 18.1 Å². The van der Waals surface area contributed by atoms with Crippen LogP contribution in [0.25, 0.3) is 0 Å². The lowest BCUT2D eigenvalue weighted by molar-refractivity contribution is -0.142. The predicted molar refractivity (Wildman–Crippen MR) is 131 cm³/mol. The Bertz CT molecular complexity index is 595. The highest BCUT2D eigenvalue weighted by molar-refractivity contribution is 7.98. The number of thiol groups is 1. The van der Waals surface area contributed by atoms with E-state index in [9.17, 15) is 24.3 Å². The quantitative estimate of drug-likeness (QED) is 0.167. The molecule has 6 N–H and O–H groups in total. The van der Waals surface area contributed by atoms with E-state index in [1.807, 2.05) is 26.4 Å². The molecule has 180 valence electrons. The van der Waals surface area contributed by atoms with Gasteiger partial charge in [0.25, 0.3) is 0 Å². The van der Waals surface area contributed by atoms with Crippen molar-refractivity contribution < 1.29 is 24.3 Å². The Morgan fingerprint density at radius 3 is 1.77 bits per heavy atom. The highest BCUT2D eigenvalue weighted by atomic mass is 32.2. The number of amides is 3. The van der Waals surface area contributed by atoms with E-state index in [1.54, 1.807) is 0 Å². The molecule has 0 heterocycles. The first-order valence-electron chi connectivity index (χ1n) is 10.1. The van der Waals surface area contributed by atoms with Gasteiger partial charge in [0.2, 0.25) is 17.7 Å². The molecule has 9 nitrogen and oxygen atoms in total. The number of aliphatic carboxylic acids is 1. The van der Waals surface area contributed by atoms with Gasteiger partial charge >= 0.3 is 5.97 Å². The van der Waals surface area contributed by atoms with E-state index in [0.29, 0.717) is 24.3 Å².